The monoisotopic (exact) mass is 476 g/mol. The number of nitrogens with zero attached hydrogens (tertiary/aromatic N) is 2. The topological polar surface area (TPSA) is 66.0 Å². The summed E-state index contributed by atoms with van der Waals surface area (Å²) < 4.78 is 5.35. The number of benzene rings is 1. The third kappa shape index (κ3) is 9.38. The quantitative estimate of drug-likeness (QED) is 0.249. The number of rotatable bonds is 9. The largest absolute Gasteiger partial charge is 0.382 e. The van der Waals surface area contributed by atoms with Gasteiger partial charge in [0.1, 0.15) is 6.54 Å². The molecule has 1 amide bonds. The van der Waals surface area contributed by atoms with Gasteiger partial charge in [-0.25, -0.2) is 4.99 Å². The smallest absolute Gasteiger partial charge is 0.243 e. The van der Waals surface area contributed by atoms with Crippen molar-refractivity contribution in [3.05, 3.63) is 35.4 Å². The van der Waals surface area contributed by atoms with Gasteiger partial charge in [-0.15, -0.1) is 24.0 Å². The van der Waals surface area contributed by atoms with Crippen molar-refractivity contribution in [1.29, 1.82) is 0 Å². The summed E-state index contributed by atoms with van der Waals surface area (Å²) in [6.45, 7) is 8.46. The number of nitrogens with one attached hydrogen (secondary N) is 2. The van der Waals surface area contributed by atoms with Gasteiger partial charge in [-0.1, -0.05) is 24.3 Å². The molecule has 2 N–H and O–H groups in total. The molecule has 0 radical (unpaired) electrons. The summed E-state index contributed by atoms with van der Waals surface area (Å²) >= 11 is 0. The fourth-order valence-corrected chi connectivity index (χ4v) is 2.32. The molecular weight excluding hydrogens is 443 g/mol. The lowest BCUT2D eigenvalue weighted by atomic mass is 10.0. The first kappa shape index (κ1) is 24.7. The lowest BCUT2D eigenvalue weighted by molar-refractivity contribution is -0.127. The van der Waals surface area contributed by atoms with Crippen molar-refractivity contribution in [2.45, 2.75) is 33.2 Å². The van der Waals surface area contributed by atoms with E-state index in [-0.39, 0.29) is 42.5 Å². The summed E-state index contributed by atoms with van der Waals surface area (Å²) in [5, 5.41) is 6.67. The van der Waals surface area contributed by atoms with Crippen LogP contribution in [0.25, 0.3) is 0 Å². The van der Waals surface area contributed by atoms with Crippen molar-refractivity contribution in [2.24, 2.45) is 4.99 Å². The van der Waals surface area contributed by atoms with E-state index in [2.05, 4.69) is 41.6 Å². The van der Waals surface area contributed by atoms with Gasteiger partial charge in [-0.05, 0) is 38.3 Å². The molecule has 1 aromatic rings. The highest BCUT2D eigenvalue weighted by molar-refractivity contribution is 14.0. The first-order valence-corrected chi connectivity index (χ1v) is 8.84. The molecule has 0 heterocycles. The number of halogens is 1. The summed E-state index contributed by atoms with van der Waals surface area (Å²) in [6.07, 6.45) is 0.884. The Morgan fingerprint density at radius 2 is 2.00 bits per heavy atom. The first-order valence-electron chi connectivity index (χ1n) is 8.84. The molecule has 1 atom stereocenters. The number of hydrogen-bond donors (Lipinski definition) is 2. The van der Waals surface area contributed by atoms with Crippen molar-refractivity contribution in [2.75, 3.05) is 40.4 Å². The van der Waals surface area contributed by atoms with Gasteiger partial charge in [0.25, 0.3) is 0 Å². The Morgan fingerprint density at radius 3 is 2.62 bits per heavy atom. The Morgan fingerprint density at radius 1 is 1.31 bits per heavy atom. The van der Waals surface area contributed by atoms with Gasteiger partial charge in [0.15, 0.2) is 5.96 Å². The Hall–Kier alpha value is -1.35. The first-order chi connectivity index (χ1) is 12.0. The van der Waals surface area contributed by atoms with Crippen molar-refractivity contribution >= 4 is 35.8 Å². The van der Waals surface area contributed by atoms with Crippen LogP contribution in [0.1, 0.15) is 37.4 Å². The molecule has 0 fully saturated rings. The van der Waals surface area contributed by atoms with Gasteiger partial charge in [0, 0.05) is 33.9 Å². The molecule has 7 heteroatoms. The molecule has 0 saturated heterocycles. The predicted molar refractivity (Wildman–Crippen MR) is 118 cm³/mol. The van der Waals surface area contributed by atoms with Gasteiger partial charge in [0.2, 0.25) is 5.91 Å². The van der Waals surface area contributed by atoms with Crippen LogP contribution in [0.4, 0.5) is 0 Å². The second-order valence-electron chi connectivity index (χ2n) is 6.15. The maximum Gasteiger partial charge on any atom is 0.243 e. The van der Waals surface area contributed by atoms with Crippen LogP contribution in [0.2, 0.25) is 0 Å². The Kier molecular flexibility index (Phi) is 13.1. The summed E-state index contributed by atoms with van der Waals surface area (Å²) in [5.41, 5.74) is 2.44. The number of guanidine groups is 1. The molecule has 0 bridgehead atoms. The molecule has 1 aromatic carbocycles. The highest BCUT2D eigenvalue weighted by Crippen LogP contribution is 2.16. The third-order valence-corrected chi connectivity index (χ3v) is 3.84. The Bertz CT molecular complexity index is 564. The SMILES string of the molecule is CCOCCCNC(=NCC(=O)N(C)C)NC(C)c1ccccc1C.I. The molecule has 0 aliphatic heterocycles. The molecule has 26 heavy (non-hydrogen) atoms. The molecule has 0 aliphatic rings. The second kappa shape index (κ2) is 13.8. The van der Waals surface area contributed by atoms with Crippen LogP contribution in [-0.4, -0.2) is 57.2 Å². The zero-order valence-corrected chi connectivity index (χ0v) is 18.9. The molecular formula is C19H33IN4O2. The van der Waals surface area contributed by atoms with E-state index in [1.165, 1.54) is 11.1 Å². The van der Waals surface area contributed by atoms with E-state index in [0.29, 0.717) is 12.6 Å². The van der Waals surface area contributed by atoms with E-state index in [1.54, 1.807) is 19.0 Å². The number of aryl methyl sites for hydroxylation is 1. The zero-order valence-electron chi connectivity index (χ0n) is 16.5. The van der Waals surface area contributed by atoms with Crippen LogP contribution >= 0.6 is 24.0 Å². The lowest BCUT2D eigenvalue weighted by Gasteiger charge is -2.20. The standard InChI is InChI=1S/C19H32N4O2.HI/c1-6-25-13-9-12-20-19(21-14-18(24)23(4)5)22-16(3)17-11-8-7-10-15(17)2;/h7-8,10-11,16H,6,9,12-14H2,1-5H3,(H2,20,21,22);1H. The van der Waals surface area contributed by atoms with Crippen molar-refractivity contribution < 1.29 is 9.53 Å². The van der Waals surface area contributed by atoms with E-state index in [1.807, 2.05) is 19.1 Å². The number of likely N-dealkylation sites (N-methyl/N-ethyl adjacent to an activating group) is 1. The number of ether oxygens (including phenoxy) is 1. The van der Waals surface area contributed by atoms with Gasteiger partial charge < -0.3 is 20.3 Å². The predicted octanol–water partition coefficient (Wildman–Crippen LogP) is 2.72. The minimum atomic E-state index is -0.0287. The van der Waals surface area contributed by atoms with Gasteiger partial charge >= 0.3 is 0 Å². The van der Waals surface area contributed by atoms with Crippen LogP contribution in [0.5, 0.6) is 0 Å². The molecule has 1 rings (SSSR count). The third-order valence-electron chi connectivity index (χ3n) is 3.84. The second-order valence-corrected chi connectivity index (χ2v) is 6.15. The molecule has 148 valence electrons. The van der Waals surface area contributed by atoms with Gasteiger partial charge in [-0.2, -0.15) is 0 Å². The minimum Gasteiger partial charge on any atom is -0.382 e. The van der Waals surface area contributed by atoms with E-state index in [0.717, 1.165) is 19.6 Å². The highest BCUT2D eigenvalue weighted by atomic mass is 127. The maximum absolute atomic E-state index is 11.8. The highest BCUT2D eigenvalue weighted by Gasteiger charge is 2.11. The van der Waals surface area contributed by atoms with Crippen LogP contribution in [-0.2, 0) is 9.53 Å². The van der Waals surface area contributed by atoms with Gasteiger partial charge in [0.05, 0.1) is 6.04 Å². The number of carbonyl (C=O) groups excluding carboxylic acids is 1. The molecule has 0 spiro atoms. The summed E-state index contributed by atoms with van der Waals surface area (Å²) in [5.74, 6) is 0.612. The number of carbonyl (C=O) groups is 1. The fraction of sp³-hybridized carbons (Fsp3) is 0.579. The van der Waals surface area contributed by atoms with Crippen molar-refractivity contribution in [1.82, 2.24) is 15.5 Å². The summed E-state index contributed by atoms with van der Waals surface area (Å²) in [7, 11) is 3.47. The lowest BCUT2D eigenvalue weighted by Crippen LogP contribution is -2.40. The number of amides is 1. The molecule has 6 nitrogen and oxygen atoms in total. The van der Waals surface area contributed by atoms with Crippen LogP contribution in [0.3, 0.4) is 0 Å². The molecule has 0 aliphatic carbocycles. The maximum atomic E-state index is 11.8. The fourth-order valence-electron chi connectivity index (χ4n) is 2.32. The molecule has 0 saturated carbocycles. The van der Waals surface area contributed by atoms with Crippen LogP contribution < -0.4 is 10.6 Å². The van der Waals surface area contributed by atoms with Crippen LogP contribution in [0.15, 0.2) is 29.3 Å². The average Bonchev–Trinajstić information content (AvgIpc) is 2.59. The molecule has 0 aromatic heterocycles. The summed E-state index contributed by atoms with van der Waals surface area (Å²) in [6, 6.07) is 8.35. The molecule has 1 unspecified atom stereocenters. The Labute approximate surface area is 174 Å². The normalized spacial score (nSPS) is 12.1. The van der Waals surface area contributed by atoms with E-state index in [4.69, 9.17) is 4.74 Å². The van der Waals surface area contributed by atoms with E-state index in [9.17, 15) is 4.79 Å². The average molecular weight is 476 g/mol. The van der Waals surface area contributed by atoms with Crippen molar-refractivity contribution in [3.8, 4) is 0 Å². The summed E-state index contributed by atoms with van der Waals surface area (Å²) in [4.78, 5) is 17.8. The zero-order chi connectivity index (χ0) is 18.7. The van der Waals surface area contributed by atoms with Gasteiger partial charge in [-0.3, -0.25) is 4.79 Å². The number of aliphatic imine (C=N–C) groups is 1. The minimum absolute atomic E-state index is 0. The van der Waals surface area contributed by atoms with E-state index >= 15 is 0 Å². The van der Waals surface area contributed by atoms with E-state index < -0.39 is 0 Å². The van der Waals surface area contributed by atoms with Crippen molar-refractivity contribution in [3.63, 3.8) is 0 Å². The van der Waals surface area contributed by atoms with Crippen LogP contribution in [0, 0.1) is 6.92 Å². The number of hydrogen-bond acceptors (Lipinski definition) is 3. The Balaban J connectivity index is 0.00000625.